The Labute approximate surface area is 301 Å². The Morgan fingerprint density at radius 3 is 1.44 bits per heavy atom. The first-order valence-corrected chi connectivity index (χ1v) is 17.6. The first-order valence-electron chi connectivity index (χ1n) is 17.6. The van der Waals surface area contributed by atoms with E-state index in [4.69, 9.17) is 9.97 Å². The van der Waals surface area contributed by atoms with Crippen LogP contribution >= 0.6 is 0 Å². The third-order valence-electron chi connectivity index (χ3n) is 9.95. The molecule has 4 nitrogen and oxygen atoms in total. The van der Waals surface area contributed by atoms with Crippen LogP contribution in [0.4, 0.5) is 0 Å². The molecule has 0 aliphatic carbocycles. The maximum absolute atomic E-state index is 5.12. The Hall–Kier alpha value is -7.04. The Kier molecular flexibility index (Phi) is 7.10. The Bertz CT molecular complexity index is 2850. The van der Waals surface area contributed by atoms with Crippen molar-refractivity contribution in [3.63, 3.8) is 0 Å². The molecule has 0 amide bonds. The van der Waals surface area contributed by atoms with Gasteiger partial charge in [0, 0.05) is 33.3 Å². The van der Waals surface area contributed by atoms with Crippen molar-refractivity contribution in [1.82, 2.24) is 18.9 Å². The Morgan fingerprint density at radius 1 is 0.346 bits per heavy atom. The van der Waals surface area contributed by atoms with Gasteiger partial charge in [-0.3, -0.25) is 8.97 Å². The molecular weight excluding hydrogens is 633 g/mol. The lowest BCUT2D eigenvalue weighted by Gasteiger charge is -2.12. The SMILES string of the molecule is c1ccc(-c2ccc(-c3cc(-c4ccc(-n5c6ccccc6n6c7ccccc7c(-c7ccccc7)c56)cc4)nc(-c4ccccc4)n3)cc2)cc1. The van der Waals surface area contributed by atoms with Gasteiger partial charge in [-0.05, 0) is 53.1 Å². The molecule has 0 bridgehead atoms. The van der Waals surface area contributed by atoms with E-state index in [-0.39, 0.29) is 0 Å². The molecule has 3 heterocycles. The molecule has 10 aromatic rings. The van der Waals surface area contributed by atoms with E-state index in [1.165, 1.54) is 38.7 Å². The highest BCUT2D eigenvalue weighted by Crippen LogP contribution is 2.41. The third kappa shape index (κ3) is 5.00. The normalized spacial score (nSPS) is 11.5. The highest BCUT2D eigenvalue weighted by Gasteiger charge is 2.22. The molecule has 0 radical (unpaired) electrons. The zero-order valence-corrected chi connectivity index (χ0v) is 28.3. The van der Waals surface area contributed by atoms with E-state index in [1.54, 1.807) is 0 Å². The fraction of sp³-hybridized carbons (Fsp3) is 0. The molecule has 0 atom stereocenters. The molecule has 4 heteroatoms. The number of hydrogen-bond donors (Lipinski definition) is 0. The number of nitrogens with zero attached hydrogens (tertiary/aromatic N) is 4. The molecule has 0 saturated carbocycles. The molecule has 0 aliphatic rings. The van der Waals surface area contributed by atoms with Crippen molar-refractivity contribution >= 4 is 27.6 Å². The first-order chi connectivity index (χ1) is 25.8. The summed E-state index contributed by atoms with van der Waals surface area (Å²) in [5.74, 6) is 0.704. The molecule has 0 N–H and O–H groups in total. The standard InChI is InChI=1S/C48H32N4/c1-4-14-33(15-5-1)34-24-26-35(27-25-34)41-32-42(50-47(49-41)38-18-8-3-9-19-38)36-28-30-39(31-29-36)51-44-22-12-13-23-45(44)52-43-21-11-10-20-40(43)46(48(51)52)37-16-6-2-7-17-37/h1-32H. The van der Waals surface area contributed by atoms with Crippen molar-refractivity contribution in [3.8, 4) is 61.8 Å². The summed E-state index contributed by atoms with van der Waals surface area (Å²) in [7, 11) is 0. The lowest BCUT2D eigenvalue weighted by Crippen LogP contribution is -1.97. The quantitative estimate of drug-likeness (QED) is 0.177. The number of rotatable bonds is 6. The van der Waals surface area contributed by atoms with Crippen LogP contribution in [0.1, 0.15) is 0 Å². The van der Waals surface area contributed by atoms with Crippen LogP contribution in [0.2, 0.25) is 0 Å². The van der Waals surface area contributed by atoms with Gasteiger partial charge in [0.2, 0.25) is 0 Å². The van der Waals surface area contributed by atoms with Crippen LogP contribution in [0.25, 0.3) is 89.4 Å². The largest absolute Gasteiger partial charge is 0.293 e. The van der Waals surface area contributed by atoms with Gasteiger partial charge in [0.15, 0.2) is 5.82 Å². The minimum absolute atomic E-state index is 0.704. The van der Waals surface area contributed by atoms with Gasteiger partial charge < -0.3 is 0 Å². The summed E-state index contributed by atoms with van der Waals surface area (Å²) >= 11 is 0. The first kappa shape index (κ1) is 29.8. The average Bonchev–Trinajstić information content (AvgIpc) is 3.74. The predicted octanol–water partition coefficient (Wildman–Crippen LogP) is 12.2. The number of benzene rings is 7. The molecule has 0 unspecified atom stereocenters. The molecule has 244 valence electrons. The van der Waals surface area contributed by atoms with Crippen molar-refractivity contribution in [2.24, 2.45) is 0 Å². The minimum Gasteiger partial charge on any atom is -0.293 e. The molecule has 0 fully saturated rings. The number of imidazole rings is 1. The smallest absolute Gasteiger partial charge is 0.160 e. The van der Waals surface area contributed by atoms with Crippen LogP contribution in [-0.4, -0.2) is 18.9 Å². The summed E-state index contributed by atoms with van der Waals surface area (Å²) in [5, 5.41) is 1.23. The number of fused-ring (bicyclic) bond motifs is 5. The molecule has 3 aromatic heterocycles. The van der Waals surface area contributed by atoms with Crippen LogP contribution < -0.4 is 0 Å². The van der Waals surface area contributed by atoms with Crippen LogP contribution in [-0.2, 0) is 0 Å². The van der Waals surface area contributed by atoms with Gasteiger partial charge in [-0.25, -0.2) is 9.97 Å². The molecule has 0 spiro atoms. The summed E-state index contributed by atoms with van der Waals surface area (Å²) in [5.41, 5.74) is 15.4. The van der Waals surface area contributed by atoms with Crippen LogP contribution in [0, 0.1) is 0 Å². The van der Waals surface area contributed by atoms with Crippen LogP contribution in [0.15, 0.2) is 194 Å². The summed E-state index contributed by atoms with van der Waals surface area (Å²) in [6.07, 6.45) is 0. The molecule has 7 aromatic carbocycles. The van der Waals surface area contributed by atoms with Gasteiger partial charge in [0.05, 0.1) is 27.9 Å². The van der Waals surface area contributed by atoms with Crippen molar-refractivity contribution in [2.75, 3.05) is 0 Å². The predicted molar refractivity (Wildman–Crippen MR) is 215 cm³/mol. The number of aromatic nitrogens is 4. The van der Waals surface area contributed by atoms with Gasteiger partial charge >= 0.3 is 0 Å². The van der Waals surface area contributed by atoms with E-state index >= 15 is 0 Å². The van der Waals surface area contributed by atoms with Crippen molar-refractivity contribution < 1.29 is 0 Å². The average molecular weight is 665 g/mol. The lowest BCUT2D eigenvalue weighted by atomic mass is 10.0. The highest BCUT2D eigenvalue weighted by molar-refractivity contribution is 6.09. The van der Waals surface area contributed by atoms with E-state index in [1.807, 2.05) is 24.3 Å². The van der Waals surface area contributed by atoms with Gasteiger partial charge in [0.25, 0.3) is 0 Å². The second-order valence-electron chi connectivity index (χ2n) is 13.1. The maximum atomic E-state index is 5.12. The second kappa shape index (κ2) is 12.4. The number of para-hydroxylation sites is 3. The topological polar surface area (TPSA) is 35.1 Å². The third-order valence-corrected chi connectivity index (χ3v) is 9.95. The zero-order chi connectivity index (χ0) is 34.4. The second-order valence-corrected chi connectivity index (χ2v) is 13.1. The summed E-state index contributed by atoms with van der Waals surface area (Å²) < 4.78 is 4.81. The number of hydrogen-bond acceptors (Lipinski definition) is 2. The molecule has 10 rings (SSSR count). The minimum atomic E-state index is 0.704. The van der Waals surface area contributed by atoms with Gasteiger partial charge in [-0.2, -0.15) is 0 Å². The van der Waals surface area contributed by atoms with Crippen molar-refractivity contribution in [1.29, 1.82) is 0 Å². The fourth-order valence-corrected chi connectivity index (χ4v) is 7.49. The summed E-state index contributed by atoms with van der Waals surface area (Å²) in [6, 6.07) is 68.4. The summed E-state index contributed by atoms with van der Waals surface area (Å²) in [6.45, 7) is 0. The van der Waals surface area contributed by atoms with E-state index in [0.717, 1.165) is 44.9 Å². The Balaban J connectivity index is 1.12. The lowest BCUT2D eigenvalue weighted by molar-refractivity contribution is 1.14. The molecule has 0 saturated heterocycles. The van der Waals surface area contributed by atoms with Crippen LogP contribution in [0.3, 0.4) is 0 Å². The summed E-state index contributed by atoms with van der Waals surface area (Å²) in [4.78, 5) is 10.2. The fourth-order valence-electron chi connectivity index (χ4n) is 7.49. The monoisotopic (exact) mass is 664 g/mol. The zero-order valence-electron chi connectivity index (χ0n) is 28.3. The highest BCUT2D eigenvalue weighted by atomic mass is 15.1. The maximum Gasteiger partial charge on any atom is 0.160 e. The van der Waals surface area contributed by atoms with Crippen LogP contribution in [0.5, 0.6) is 0 Å². The van der Waals surface area contributed by atoms with Gasteiger partial charge in [-0.15, -0.1) is 0 Å². The van der Waals surface area contributed by atoms with Gasteiger partial charge in [-0.1, -0.05) is 158 Å². The molecule has 0 aliphatic heterocycles. The Morgan fingerprint density at radius 2 is 0.808 bits per heavy atom. The molecule has 52 heavy (non-hydrogen) atoms. The van der Waals surface area contributed by atoms with Crippen molar-refractivity contribution in [2.45, 2.75) is 0 Å². The van der Waals surface area contributed by atoms with Crippen molar-refractivity contribution in [3.05, 3.63) is 194 Å². The molecular formula is C48H32N4. The van der Waals surface area contributed by atoms with Gasteiger partial charge in [0.1, 0.15) is 5.65 Å². The van der Waals surface area contributed by atoms with E-state index in [2.05, 4.69) is 179 Å². The van der Waals surface area contributed by atoms with E-state index in [9.17, 15) is 0 Å². The van der Waals surface area contributed by atoms with E-state index < -0.39 is 0 Å². The van der Waals surface area contributed by atoms with E-state index in [0.29, 0.717) is 5.82 Å².